The van der Waals surface area contributed by atoms with Crippen LogP contribution in [0.3, 0.4) is 0 Å². The topological polar surface area (TPSA) is 66.4 Å². The molecule has 1 aromatic rings. The van der Waals surface area contributed by atoms with Gasteiger partial charge < -0.3 is 5.11 Å². The summed E-state index contributed by atoms with van der Waals surface area (Å²) in [5.41, 5.74) is 0. The predicted octanol–water partition coefficient (Wildman–Crippen LogP) is 1.11. The van der Waals surface area contributed by atoms with Crippen molar-refractivity contribution in [1.82, 2.24) is 4.72 Å². The Hall–Kier alpha value is -0.430. The van der Waals surface area contributed by atoms with Gasteiger partial charge in [0.15, 0.2) is 0 Å². The Kier molecular flexibility index (Phi) is 4.27. The van der Waals surface area contributed by atoms with E-state index in [1.54, 1.807) is 18.2 Å². The quantitative estimate of drug-likeness (QED) is 0.874. The van der Waals surface area contributed by atoms with E-state index in [1.165, 1.54) is 13.0 Å². The average molecular weight is 294 g/mol. The molecule has 1 atom stereocenters. The Morgan fingerprint density at radius 2 is 2.07 bits per heavy atom. The molecule has 0 radical (unpaired) electrons. The van der Waals surface area contributed by atoms with Crippen molar-refractivity contribution in [3.8, 4) is 0 Å². The summed E-state index contributed by atoms with van der Waals surface area (Å²) in [6.45, 7) is 1.52. The van der Waals surface area contributed by atoms with Crippen LogP contribution in [0.1, 0.15) is 6.92 Å². The van der Waals surface area contributed by atoms with Crippen LogP contribution in [-0.2, 0) is 10.0 Å². The molecule has 0 aliphatic rings. The molecule has 0 amide bonds. The zero-order valence-corrected chi connectivity index (χ0v) is 10.5. The van der Waals surface area contributed by atoms with Crippen LogP contribution in [0.5, 0.6) is 0 Å². The molecular weight excluding hydrogens is 282 g/mol. The molecule has 0 heterocycles. The van der Waals surface area contributed by atoms with E-state index in [9.17, 15) is 8.42 Å². The molecule has 0 saturated carbocycles. The molecule has 2 N–H and O–H groups in total. The number of sulfonamides is 1. The van der Waals surface area contributed by atoms with Crippen molar-refractivity contribution in [1.29, 1.82) is 0 Å². The van der Waals surface area contributed by atoms with Gasteiger partial charge in [-0.2, -0.15) is 0 Å². The molecule has 15 heavy (non-hydrogen) atoms. The second-order valence-electron chi connectivity index (χ2n) is 3.13. The van der Waals surface area contributed by atoms with Gasteiger partial charge in [-0.1, -0.05) is 12.1 Å². The highest BCUT2D eigenvalue weighted by Crippen LogP contribution is 2.20. The largest absolute Gasteiger partial charge is 0.392 e. The van der Waals surface area contributed by atoms with E-state index in [4.69, 9.17) is 5.11 Å². The lowest BCUT2D eigenvalue weighted by Crippen LogP contribution is -2.30. The van der Waals surface area contributed by atoms with Crippen LogP contribution >= 0.6 is 15.9 Å². The summed E-state index contributed by atoms with van der Waals surface area (Å²) in [5.74, 6) is 0. The molecule has 0 spiro atoms. The average Bonchev–Trinajstić information content (AvgIpc) is 2.15. The Labute approximate surface area is 97.5 Å². The molecule has 0 fully saturated rings. The first-order valence-corrected chi connectivity index (χ1v) is 6.63. The lowest BCUT2D eigenvalue weighted by atomic mass is 10.4. The summed E-state index contributed by atoms with van der Waals surface area (Å²) in [5, 5.41) is 8.99. The first-order valence-electron chi connectivity index (χ1n) is 4.36. The van der Waals surface area contributed by atoms with E-state index < -0.39 is 16.1 Å². The summed E-state index contributed by atoms with van der Waals surface area (Å²) >= 11 is 3.16. The Morgan fingerprint density at radius 3 is 2.60 bits per heavy atom. The van der Waals surface area contributed by atoms with Crippen LogP contribution in [0, 0.1) is 0 Å². The van der Waals surface area contributed by atoms with Crippen molar-refractivity contribution in [3.05, 3.63) is 28.7 Å². The monoisotopic (exact) mass is 293 g/mol. The molecule has 0 unspecified atom stereocenters. The fourth-order valence-corrected chi connectivity index (χ4v) is 3.09. The maximum atomic E-state index is 11.7. The second kappa shape index (κ2) is 5.07. The molecule has 1 aromatic carbocycles. The van der Waals surface area contributed by atoms with E-state index in [-0.39, 0.29) is 11.4 Å². The first kappa shape index (κ1) is 12.6. The third-order valence-electron chi connectivity index (χ3n) is 1.69. The zero-order valence-electron chi connectivity index (χ0n) is 8.14. The number of hydrogen-bond acceptors (Lipinski definition) is 3. The first-order chi connectivity index (χ1) is 6.93. The third kappa shape index (κ3) is 3.57. The number of aliphatic hydroxyl groups excluding tert-OH is 1. The van der Waals surface area contributed by atoms with Gasteiger partial charge in [0.2, 0.25) is 10.0 Å². The van der Waals surface area contributed by atoms with Gasteiger partial charge in [0.25, 0.3) is 0 Å². The van der Waals surface area contributed by atoms with Crippen molar-refractivity contribution in [2.24, 2.45) is 0 Å². The van der Waals surface area contributed by atoms with Gasteiger partial charge in [0.05, 0.1) is 11.0 Å². The molecule has 0 saturated heterocycles. The molecule has 1 rings (SSSR count). The number of rotatable bonds is 4. The van der Waals surface area contributed by atoms with Crippen molar-refractivity contribution in [2.75, 3.05) is 6.54 Å². The minimum absolute atomic E-state index is 0.00364. The van der Waals surface area contributed by atoms with Crippen molar-refractivity contribution in [2.45, 2.75) is 17.9 Å². The SMILES string of the molecule is C[C@H](O)CNS(=O)(=O)c1ccccc1Br. The lowest BCUT2D eigenvalue weighted by molar-refractivity contribution is 0.198. The number of benzene rings is 1. The van der Waals surface area contributed by atoms with Crippen LogP contribution < -0.4 is 4.72 Å². The highest BCUT2D eigenvalue weighted by Gasteiger charge is 2.16. The molecule has 4 nitrogen and oxygen atoms in total. The van der Waals surface area contributed by atoms with Gasteiger partial charge in [0, 0.05) is 11.0 Å². The molecule has 0 bridgehead atoms. The number of aliphatic hydroxyl groups is 1. The highest BCUT2D eigenvalue weighted by molar-refractivity contribution is 9.10. The maximum Gasteiger partial charge on any atom is 0.241 e. The fourth-order valence-electron chi connectivity index (χ4n) is 0.971. The number of halogens is 1. The normalized spacial score (nSPS) is 13.8. The van der Waals surface area contributed by atoms with Gasteiger partial charge in [-0.25, -0.2) is 13.1 Å². The summed E-state index contributed by atoms with van der Waals surface area (Å²) in [4.78, 5) is 0.172. The van der Waals surface area contributed by atoms with Crippen LogP contribution in [-0.4, -0.2) is 26.2 Å². The summed E-state index contributed by atoms with van der Waals surface area (Å²) < 4.78 is 26.2. The molecular formula is C9H12BrNO3S. The molecule has 6 heteroatoms. The standard InChI is InChI=1S/C9H12BrNO3S/c1-7(12)6-11-15(13,14)9-5-3-2-4-8(9)10/h2-5,7,11-12H,6H2,1H3/t7-/m0/s1. The zero-order chi connectivity index (χ0) is 11.5. The van der Waals surface area contributed by atoms with Gasteiger partial charge >= 0.3 is 0 Å². The molecule has 0 aliphatic carbocycles. The van der Waals surface area contributed by atoms with E-state index >= 15 is 0 Å². The third-order valence-corrected chi connectivity index (χ3v) is 4.13. The summed E-state index contributed by atoms with van der Waals surface area (Å²) in [6.07, 6.45) is -0.706. The van der Waals surface area contributed by atoms with E-state index in [2.05, 4.69) is 20.7 Å². The maximum absolute atomic E-state index is 11.7. The number of hydrogen-bond donors (Lipinski definition) is 2. The van der Waals surface area contributed by atoms with E-state index in [0.717, 1.165) is 0 Å². The van der Waals surface area contributed by atoms with Gasteiger partial charge in [0.1, 0.15) is 0 Å². The Morgan fingerprint density at radius 1 is 1.47 bits per heavy atom. The van der Waals surface area contributed by atoms with E-state index in [1.807, 2.05) is 0 Å². The highest BCUT2D eigenvalue weighted by atomic mass is 79.9. The molecule has 0 aliphatic heterocycles. The van der Waals surface area contributed by atoms with Crippen molar-refractivity contribution >= 4 is 26.0 Å². The Balaban J connectivity index is 2.92. The smallest absolute Gasteiger partial charge is 0.241 e. The minimum Gasteiger partial charge on any atom is -0.392 e. The minimum atomic E-state index is -3.54. The summed E-state index contributed by atoms with van der Waals surface area (Å²) in [6, 6.07) is 6.52. The fraction of sp³-hybridized carbons (Fsp3) is 0.333. The van der Waals surface area contributed by atoms with Gasteiger partial charge in [-0.3, -0.25) is 0 Å². The molecule has 84 valence electrons. The van der Waals surface area contributed by atoms with Crippen LogP contribution in [0.2, 0.25) is 0 Å². The van der Waals surface area contributed by atoms with Crippen LogP contribution in [0.25, 0.3) is 0 Å². The van der Waals surface area contributed by atoms with Crippen LogP contribution in [0.15, 0.2) is 33.6 Å². The second-order valence-corrected chi connectivity index (χ2v) is 5.72. The number of nitrogens with one attached hydrogen (secondary N) is 1. The predicted molar refractivity (Wildman–Crippen MR) is 61.0 cm³/mol. The van der Waals surface area contributed by atoms with Gasteiger partial charge in [-0.15, -0.1) is 0 Å². The Bertz CT molecular complexity index is 431. The van der Waals surface area contributed by atoms with E-state index in [0.29, 0.717) is 4.47 Å². The van der Waals surface area contributed by atoms with Crippen molar-refractivity contribution in [3.63, 3.8) is 0 Å². The van der Waals surface area contributed by atoms with Crippen LogP contribution in [0.4, 0.5) is 0 Å². The summed E-state index contributed by atoms with van der Waals surface area (Å²) in [7, 11) is -3.54. The molecule has 0 aromatic heterocycles. The van der Waals surface area contributed by atoms with Gasteiger partial charge in [-0.05, 0) is 35.0 Å². The lowest BCUT2D eigenvalue weighted by Gasteiger charge is -2.09. The van der Waals surface area contributed by atoms with Crippen molar-refractivity contribution < 1.29 is 13.5 Å².